The summed E-state index contributed by atoms with van der Waals surface area (Å²) in [6.45, 7) is 0.143. The van der Waals surface area contributed by atoms with Crippen LogP contribution >= 0.6 is 0 Å². The van der Waals surface area contributed by atoms with Gasteiger partial charge in [-0.25, -0.2) is 0 Å². The largest absolute Gasteiger partial charge is 0.416 e. The van der Waals surface area contributed by atoms with Crippen molar-refractivity contribution in [2.75, 3.05) is 7.11 Å². The van der Waals surface area contributed by atoms with E-state index in [2.05, 4.69) is 15.3 Å². The zero-order chi connectivity index (χ0) is 17.6. The highest BCUT2D eigenvalue weighted by molar-refractivity contribution is 5.94. The lowest BCUT2D eigenvalue weighted by Crippen LogP contribution is -2.22. The fourth-order valence-electron chi connectivity index (χ4n) is 1.93. The number of halogens is 3. The van der Waals surface area contributed by atoms with E-state index in [1.165, 1.54) is 25.5 Å². The standard InChI is InChI=1S/C17H15F3N2O2/c1-24-22-11-13-2-6-14(7-3-13)16(23)21-10-12-4-8-15(9-5-12)17(18,19)20/h2-9,11H,10H2,1H3,(H,21,23)/b22-11+. The first-order valence-corrected chi connectivity index (χ1v) is 7.01. The maximum atomic E-state index is 12.5. The molecule has 0 unspecified atom stereocenters. The summed E-state index contributed by atoms with van der Waals surface area (Å²) in [5.41, 5.74) is 1.08. The van der Waals surface area contributed by atoms with E-state index in [0.29, 0.717) is 11.1 Å². The van der Waals surface area contributed by atoms with Crippen molar-refractivity contribution >= 4 is 12.1 Å². The maximum absolute atomic E-state index is 12.5. The second kappa shape index (κ2) is 7.63. The molecule has 0 bridgehead atoms. The summed E-state index contributed by atoms with van der Waals surface area (Å²) >= 11 is 0. The molecule has 0 atom stereocenters. The van der Waals surface area contributed by atoms with Crippen molar-refractivity contribution < 1.29 is 22.8 Å². The zero-order valence-corrected chi connectivity index (χ0v) is 12.8. The Kier molecular flexibility index (Phi) is 5.57. The summed E-state index contributed by atoms with van der Waals surface area (Å²) in [4.78, 5) is 16.6. The van der Waals surface area contributed by atoms with E-state index in [0.717, 1.165) is 17.7 Å². The highest BCUT2D eigenvalue weighted by Gasteiger charge is 2.29. The molecule has 0 aliphatic rings. The Labute approximate surface area is 136 Å². The van der Waals surface area contributed by atoms with E-state index in [-0.39, 0.29) is 12.5 Å². The van der Waals surface area contributed by atoms with Gasteiger partial charge in [-0.1, -0.05) is 29.4 Å². The lowest BCUT2D eigenvalue weighted by molar-refractivity contribution is -0.137. The van der Waals surface area contributed by atoms with Crippen molar-refractivity contribution in [1.29, 1.82) is 0 Å². The maximum Gasteiger partial charge on any atom is 0.416 e. The van der Waals surface area contributed by atoms with Gasteiger partial charge in [0.05, 0.1) is 11.8 Å². The summed E-state index contributed by atoms with van der Waals surface area (Å²) < 4.78 is 37.4. The third kappa shape index (κ3) is 4.84. The predicted octanol–water partition coefficient (Wildman–Crippen LogP) is 3.62. The second-order valence-electron chi connectivity index (χ2n) is 4.92. The minimum absolute atomic E-state index is 0.143. The van der Waals surface area contributed by atoms with E-state index in [1.54, 1.807) is 24.3 Å². The van der Waals surface area contributed by atoms with Crippen molar-refractivity contribution in [3.8, 4) is 0 Å². The number of carbonyl (C=O) groups is 1. The minimum atomic E-state index is -4.37. The van der Waals surface area contributed by atoms with Crippen molar-refractivity contribution in [3.05, 3.63) is 70.8 Å². The molecule has 0 radical (unpaired) electrons. The molecular formula is C17H15F3N2O2. The Morgan fingerprint density at radius 1 is 1.12 bits per heavy atom. The molecule has 0 saturated carbocycles. The number of oxime groups is 1. The van der Waals surface area contributed by atoms with Gasteiger partial charge in [-0.05, 0) is 35.4 Å². The van der Waals surface area contributed by atoms with Crippen LogP contribution in [0.5, 0.6) is 0 Å². The van der Waals surface area contributed by atoms with Crippen molar-refractivity contribution in [3.63, 3.8) is 0 Å². The van der Waals surface area contributed by atoms with E-state index in [4.69, 9.17) is 0 Å². The van der Waals surface area contributed by atoms with Crippen LogP contribution in [-0.4, -0.2) is 19.2 Å². The average Bonchev–Trinajstić information content (AvgIpc) is 2.58. The predicted molar refractivity (Wildman–Crippen MR) is 83.7 cm³/mol. The lowest BCUT2D eigenvalue weighted by atomic mass is 10.1. The fourth-order valence-corrected chi connectivity index (χ4v) is 1.93. The van der Waals surface area contributed by atoms with Crippen molar-refractivity contribution in [2.45, 2.75) is 12.7 Å². The summed E-state index contributed by atoms with van der Waals surface area (Å²) in [6, 6.07) is 11.3. The van der Waals surface area contributed by atoms with Gasteiger partial charge in [0.15, 0.2) is 0 Å². The topological polar surface area (TPSA) is 50.7 Å². The Morgan fingerprint density at radius 2 is 1.75 bits per heavy atom. The lowest BCUT2D eigenvalue weighted by Gasteiger charge is -2.09. The van der Waals surface area contributed by atoms with Gasteiger partial charge in [0, 0.05) is 12.1 Å². The molecule has 0 aliphatic carbocycles. The molecular weight excluding hydrogens is 321 g/mol. The second-order valence-corrected chi connectivity index (χ2v) is 4.92. The summed E-state index contributed by atoms with van der Waals surface area (Å²) in [6.07, 6.45) is -2.86. The Morgan fingerprint density at radius 3 is 2.29 bits per heavy atom. The molecule has 1 amide bonds. The number of benzene rings is 2. The Bertz CT molecular complexity index is 708. The van der Waals surface area contributed by atoms with Crippen LogP contribution in [0.2, 0.25) is 0 Å². The van der Waals surface area contributed by atoms with Gasteiger partial charge >= 0.3 is 6.18 Å². The molecule has 24 heavy (non-hydrogen) atoms. The highest BCUT2D eigenvalue weighted by Crippen LogP contribution is 2.29. The van der Waals surface area contributed by atoms with Crippen LogP contribution in [0, 0.1) is 0 Å². The van der Waals surface area contributed by atoms with Gasteiger partial charge in [0.25, 0.3) is 5.91 Å². The SMILES string of the molecule is CO/N=C/c1ccc(C(=O)NCc2ccc(C(F)(F)F)cc2)cc1. The van der Waals surface area contributed by atoms with Gasteiger partial charge in [0.2, 0.25) is 0 Å². The first-order valence-electron chi connectivity index (χ1n) is 7.01. The Balaban J connectivity index is 1.94. The van der Waals surface area contributed by atoms with Crippen LogP contribution in [0.15, 0.2) is 53.7 Å². The molecule has 126 valence electrons. The van der Waals surface area contributed by atoms with Gasteiger partial charge in [-0.3, -0.25) is 4.79 Å². The van der Waals surface area contributed by atoms with Crippen molar-refractivity contribution in [1.82, 2.24) is 5.32 Å². The van der Waals surface area contributed by atoms with Crippen LogP contribution in [0.25, 0.3) is 0 Å². The minimum Gasteiger partial charge on any atom is -0.399 e. The normalized spacial score (nSPS) is 11.5. The molecule has 1 N–H and O–H groups in total. The van der Waals surface area contributed by atoms with Crippen LogP contribution in [0.1, 0.15) is 27.0 Å². The van der Waals surface area contributed by atoms with Crippen LogP contribution in [-0.2, 0) is 17.6 Å². The summed E-state index contributed by atoms with van der Waals surface area (Å²) in [7, 11) is 1.43. The van der Waals surface area contributed by atoms with E-state index in [9.17, 15) is 18.0 Å². The molecule has 0 spiro atoms. The zero-order valence-electron chi connectivity index (χ0n) is 12.8. The molecule has 0 saturated heterocycles. The Hall–Kier alpha value is -2.83. The number of hydrogen-bond acceptors (Lipinski definition) is 3. The van der Waals surface area contributed by atoms with E-state index < -0.39 is 11.7 Å². The molecule has 0 aromatic heterocycles. The third-order valence-electron chi connectivity index (χ3n) is 3.21. The monoisotopic (exact) mass is 336 g/mol. The number of carbonyl (C=O) groups excluding carboxylic acids is 1. The molecule has 2 aromatic rings. The molecule has 0 heterocycles. The molecule has 2 rings (SSSR count). The summed E-state index contributed by atoms with van der Waals surface area (Å²) in [5, 5.41) is 6.27. The number of alkyl halides is 3. The molecule has 4 nitrogen and oxygen atoms in total. The van der Waals surface area contributed by atoms with E-state index >= 15 is 0 Å². The van der Waals surface area contributed by atoms with Crippen LogP contribution in [0.4, 0.5) is 13.2 Å². The van der Waals surface area contributed by atoms with Gasteiger partial charge in [0.1, 0.15) is 7.11 Å². The molecule has 0 aliphatic heterocycles. The molecule has 2 aromatic carbocycles. The van der Waals surface area contributed by atoms with Crippen molar-refractivity contribution in [2.24, 2.45) is 5.16 Å². The smallest absolute Gasteiger partial charge is 0.399 e. The first kappa shape index (κ1) is 17.5. The number of nitrogens with one attached hydrogen (secondary N) is 1. The average molecular weight is 336 g/mol. The van der Waals surface area contributed by atoms with E-state index in [1.807, 2.05) is 0 Å². The fraction of sp³-hybridized carbons (Fsp3) is 0.176. The highest BCUT2D eigenvalue weighted by atomic mass is 19.4. The number of amides is 1. The number of hydrogen-bond donors (Lipinski definition) is 1. The van der Waals surface area contributed by atoms with Gasteiger partial charge in [-0.15, -0.1) is 0 Å². The third-order valence-corrected chi connectivity index (χ3v) is 3.21. The number of nitrogens with zero attached hydrogens (tertiary/aromatic N) is 1. The van der Waals surface area contributed by atoms with Crippen LogP contribution < -0.4 is 5.32 Å². The van der Waals surface area contributed by atoms with Gasteiger partial charge < -0.3 is 10.2 Å². The molecule has 0 fully saturated rings. The first-order chi connectivity index (χ1) is 11.4. The summed E-state index contributed by atoms with van der Waals surface area (Å²) in [5.74, 6) is -0.315. The number of rotatable bonds is 5. The molecule has 7 heteroatoms. The van der Waals surface area contributed by atoms with Crippen LogP contribution in [0.3, 0.4) is 0 Å². The van der Waals surface area contributed by atoms with Gasteiger partial charge in [-0.2, -0.15) is 13.2 Å². The quantitative estimate of drug-likeness (QED) is 0.670.